The first-order valence-corrected chi connectivity index (χ1v) is 11.2. The number of hydrogen-bond donors (Lipinski definition) is 2. The highest BCUT2D eigenvalue weighted by Gasteiger charge is 2.26. The molecule has 3 aromatic rings. The number of aromatic nitrogens is 1. The van der Waals surface area contributed by atoms with Crippen LogP contribution in [-0.2, 0) is 11.3 Å². The Hall–Kier alpha value is -3.19. The van der Waals surface area contributed by atoms with Crippen LogP contribution in [0.2, 0.25) is 0 Å². The number of esters is 1. The Bertz CT molecular complexity index is 1210. The molecule has 2 N–H and O–H groups in total. The minimum Gasteiger partial charge on any atom is -0.465 e. The lowest BCUT2D eigenvalue weighted by Crippen LogP contribution is -2.42. The average molecular weight is 450 g/mol. The van der Waals surface area contributed by atoms with Gasteiger partial charge in [0.25, 0.3) is 5.56 Å². The van der Waals surface area contributed by atoms with Crippen LogP contribution in [0.25, 0.3) is 10.9 Å². The summed E-state index contributed by atoms with van der Waals surface area (Å²) in [6.07, 6.45) is 4.31. The number of rotatable bonds is 5. The van der Waals surface area contributed by atoms with E-state index in [9.17, 15) is 9.59 Å². The summed E-state index contributed by atoms with van der Waals surface area (Å²) in [5.74, 6) is -0.426. The molecular weight excluding hydrogens is 422 g/mol. The minimum atomic E-state index is -0.426. The Kier molecular flexibility index (Phi) is 6.55. The normalized spacial score (nSPS) is 13.8. The van der Waals surface area contributed by atoms with Crippen molar-refractivity contribution in [1.29, 1.82) is 0 Å². The molecule has 0 atom stereocenters. The number of methoxy groups -OCH3 is 1. The molecule has 1 aliphatic rings. The summed E-state index contributed by atoms with van der Waals surface area (Å²) in [7, 11) is 1.36. The van der Waals surface area contributed by atoms with Gasteiger partial charge in [-0.15, -0.1) is 0 Å². The molecular formula is C25H27N3O3S. The number of carbonyl (C=O) groups excluding carboxylic acids is 1. The van der Waals surface area contributed by atoms with Crippen molar-refractivity contribution >= 4 is 39.9 Å². The van der Waals surface area contributed by atoms with E-state index in [2.05, 4.69) is 15.2 Å². The number of nitrogens with zero attached hydrogens (tertiary/aromatic N) is 1. The largest absolute Gasteiger partial charge is 0.465 e. The maximum atomic E-state index is 12.9. The third kappa shape index (κ3) is 4.67. The number of benzene rings is 2. The SMILES string of the molecule is COC(=O)c1ccccc1NC(=S)N(Cc1cc2ccc(C)cc2[nH]c1=O)C1CCCC1. The molecule has 0 amide bonds. The predicted octanol–water partition coefficient (Wildman–Crippen LogP) is 4.76. The zero-order valence-corrected chi connectivity index (χ0v) is 19.1. The number of H-pyrrole nitrogens is 1. The number of ether oxygens (including phenoxy) is 1. The monoisotopic (exact) mass is 449 g/mol. The Morgan fingerprint density at radius 3 is 2.69 bits per heavy atom. The van der Waals surface area contributed by atoms with Crippen LogP contribution in [0, 0.1) is 6.92 Å². The predicted molar refractivity (Wildman–Crippen MR) is 131 cm³/mol. The second kappa shape index (κ2) is 9.53. The van der Waals surface area contributed by atoms with Gasteiger partial charge in [0.1, 0.15) is 0 Å². The van der Waals surface area contributed by atoms with Gasteiger partial charge in [0.15, 0.2) is 5.11 Å². The topological polar surface area (TPSA) is 74.4 Å². The summed E-state index contributed by atoms with van der Waals surface area (Å²) in [6, 6.07) is 15.4. The molecule has 2 aromatic carbocycles. The first-order valence-electron chi connectivity index (χ1n) is 10.8. The van der Waals surface area contributed by atoms with E-state index in [1.54, 1.807) is 18.2 Å². The number of hydrogen-bond acceptors (Lipinski definition) is 4. The first-order chi connectivity index (χ1) is 15.5. The second-order valence-electron chi connectivity index (χ2n) is 8.25. The average Bonchev–Trinajstić information content (AvgIpc) is 3.32. The number of thiocarbonyl (C=S) groups is 1. The van der Waals surface area contributed by atoms with Gasteiger partial charge in [0.05, 0.1) is 24.9 Å². The first kappa shape index (κ1) is 22.0. The molecule has 4 rings (SSSR count). The molecule has 1 heterocycles. The van der Waals surface area contributed by atoms with Gasteiger partial charge in [-0.25, -0.2) is 4.79 Å². The molecule has 6 nitrogen and oxygen atoms in total. The maximum Gasteiger partial charge on any atom is 0.339 e. The molecule has 1 aromatic heterocycles. The van der Waals surface area contributed by atoms with Gasteiger partial charge in [-0.2, -0.15) is 0 Å². The van der Waals surface area contributed by atoms with Crippen LogP contribution in [0.4, 0.5) is 5.69 Å². The van der Waals surface area contributed by atoms with Crippen LogP contribution >= 0.6 is 12.2 Å². The van der Waals surface area contributed by atoms with E-state index < -0.39 is 5.97 Å². The second-order valence-corrected chi connectivity index (χ2v) is 8.63. The van der Waals surface area contributed by atoms with Gasteiger partial charge in [-0.05, 0) is 67.2 Å². The van der Waals surface area contributed by atoms with Gasteiger partial charge < -0.3 is 19.9 Å². The van der Waals surface area contributed by atoms with Crippen molar-refractivity contribution in [2.24, 2.45) is 0 Å². The fourth-order valence-electron chi connectivity index (χ4n) is 4.31. The molecule has 1 fully saturated rings. The number of carbonyl (C=O) groups is 1. The quantitative estimate of drug-likeness (QED) is 0.432. The minimum absolute atomic E-state index is 0.108. The molecule has 7 heteroatoms. The summed E-state index contributed by atoms with van der Waals surface area (Å²) in [4.78, 5) is 30.1. The Labute approximate surface area is 192 Å². The molecule has 0 radical (unpaired) electrons. The van der Waals surface area contributed by atoms with E-state index in [4.69, 9.17) is 17.0 Å². The van der Waals surface area contributed by atoms with Crippen molar-refractivity contribution in [3.63, 3.8) is 0 Å². The molecule has 0 saturated heterocycles. The van der Waals surface area contributed by atoms with Crippen molar-refractivity contribution in [3.05, 3.63) is 75.6 Å². The van der Waals surface area contributed by atoms with Gasteiger partial charge >= 0.3 is 5.97 Å². The Morgan fingerprint density at radius 2 is 1.94 bits per heavy atom. The molecule has 0 spiro atoms. The number of pyridine rings is 1. The van der Waals surface area contributed by atoms with Crippen molar-refractivity contribution in [2.45, 2.75) is 45.2 Å². The highest BCUT2D eigenvalue weighted by molar-refractivity contribution is 7.80. The zero-order valence-electron chi connectivity index (χ0n) is 18.3. The van der Waals surface area contributed by atoms with Crippen LogP contribution in [-0.4, -0.2) is 34.1 Å². The highest BCUT2D eigenvalue weighted by atomic mass is 32.1. The third-order valence-electron chi connectivity index (χ3n) is 6.02. The van der Waals surface area contributed by atoms with Gasteiger partial charge in [-0.3, -0.25) is 4.79 Å². The van der Waals surface area contributed by atoms with Crippen LogP contribution in [0.3, 0.4) is 0 Å². The summed E-state index contributed by atoms with van der Waals surface area (Å²) >= 11 is 5.78. The highest BCUT2D eigenvalue weighted by Crippen LogP contribution is 2.27. The van der Waals surface area contributed by atoms with Crippen LogP contribution in [0.15, 0.2) is 53.3 Å². The van der Waals surface area contributed by atoms with E-state index >= 15 is 0 Å². The summed E-state index contributed by atoms with van der Waals surface area (Å²) < 4.78 is 4.90. The lowest BCUT2D eigenvalue weighted by atomic mass is 10.1. The lowest BCUT2D eigenvalue weighted by Gasteiger charge is -2.32. The lowest BCUT2D eigenvalue weighted by molar-refractivity contribution is 0.0602. The van der Waals surface area contributed by atoms with Crippen molar-refractivity contribution in [3.8, 4) is 0 Å². The number of anilines is 1. The summed E-state index contributed by atoms with van der Waals surface area (Å²) in [5, 5.41) is 4.72. The van der Waals surface area contributed by atoms with Crippen molar-refractivity contribution < 1.29 is 9.53 Å². The van der Waals surface area contributed by atoms with E-state index in [1.807, 2.05) is 37.3 Å². The van der Waals surface area contributed by atoms with Crippen molar-refractivity contribution in [2.75, 3.05) is 12.4 Å². The smallest absolute Gasteiger partial charge is 0.339 e. The van der Waals surface area contributed by atoms with Crippen LogP contribution < -0.4 is 10.9 Å². The third-order valence-corrected chi connectivity index (χ3v) is 6.36. The molecule has 0 bridgehead atoms. The maximum absolute atomic E-state index is 12.9. The number of aromatic amines is 1. The molecule has 0 unspecified atom stereocenters. The van der Waals surface area contributed by atoms with E-state index in [1.165, 1.54) is 7.11 Å². The van der Waals surface area contributed by atoms with Gasteiger partial charge in [-0.1, -0.05) is 37.1 Å². The standard InChI is InChI=1S/C25H27N3O3S/c1-16-11-12-17-14-18(23(29)26-22(17)13-16)15-28(19-7-3-4-8-19)25(32)27-21-10-6-5-9-20(21)24(30)31-2/h5-6,9-14,19H,3-4,7-8,15H2,1-2H3,(H,26,29)(H,27,32). The summed E-state index contributed by atoms with van der Waals surface area (Å²) in [6.45, 7) is 2.40. The Morgan fingerprint density at radius 1 is 1.19 bits per heavy atom. The molecule has 1 aliphatic carbocycles. The number of para-hydroxylation sites is 1. The van der Waals surface area contributed by atoms with Gasteiger partial charge in [0.2, 0.25) is 0 Å². The number of nitrogens with one attached hydrogen (secondary N) is 2. The zero-order chi connectivity index (χ0) is 22.7. The van der Waals surface area contributed by atoms with Crippen LogP contribution in [0.1, 0.15) is 47.2 Å². The van der Waals surface area contributed by atoms with Gasteiger partial charge in [0, 0.05) is 17.1 Å². The number of fused-ring (bicyclic) bond motifs is 1. The Balaban J connectivity index is 1.64. The van der Waals surface area contributed by atoms with E-state index in [-0.39, 0.29) is 11.6 Å². The fraction of sp³-hybridized carbons (Fsp3) is 0.320. The molecule has 1 saturated carbocycles. The van der Waals surface area contributed by atoms with E-state index in [0.29, 0.717) is 28.5 Å². The fourth-order valence-corrected chi connectivity index (χ4v) is 4.63. The van der Waals surface area contributed by atoms with Crippen molar-refractivity contribution in [1.82, 2.24) is 9.88 Å². The molecule has 166 valence electrons. The summed E-state index contributed by atoms with van der Waals surface area (Å²) in [5.41, 5.74) is 3.50. The molecule has 0 aliphatic heterocycles. The van der Waals surface area contributed by atoms with Crippen LogP contribution in [0.5, 0.6) is 0 Å². The number of aryl methyl sites for hydroxylation is 1. The van der Waals surface area contributed by atoms with E-state index in [0.717, 1.165) is 42.1 Å². The molecule has 32 heavy (non-hydrogen) atoms.